The average molecular weight is 441 g/mol. The zero-order chi connectivity index (χ0) is 22.5. The van der Waals surface area contributed by atoms with Gasteiger partial charge in [-0.2, -0.15) is 0 Å². The van der Waals surface area contributed by atoms with E-state index in [1.54, 1.807) is 24.3 Å². The van der Waals surface area contributed by atoms with Gasteiger partial charge in [0.15, 0.2) is 16.6 Å². The molecule has 1 amide bonds. The molecule has 2 aromatic rings. The number of carbonyl (C=O) groups excluding carboxylic acids is 2. The molecule has 0 aliphatic carbocycles. The minimum atomic E-state index is -0.512. The smallest absolute Gasteiger partial charge is 0.325 e. The predicted octanol–water partition coefficient (Wildman–Crippen LogP) is 3.41. The van der Waals surface area contributed by atoms with Crippen molar-refractivity contribution in [2.45, 2.75) is 13.3 Å². The third-order valence-corrected chi connectivity index (χ3v) is 5.38. The molecule has 1 fully saturated rings. The highest BCUT2D eigenvalue weighted by atomic mass is 32.1. The van der Waals surface area contributed by atoms with Crippen LogP contribution in [-0.4, -0.2) is 49.8 Å². The van der Waals surface area contributed by atoms with Gasteiger partial charge in [-0.15, -0.1) is 0 Å². The van der Waals surface area contributed by atoms with Gasteiger partial charge in [-0.25, -0.2) is 0 Å². The minimum absolute atomic E-state index is 0.192. The van der Waals surface area contributed by atoms with E-state index in [4.69, 9.17) is 26.4 Å². The van der Waals surface area contributed by atoms with E-state index in [0.29, 0.717) is 22.7 Å². The Morgan fingerprint density at radius 3 is 2.35 bits per heavy atom. The fourth-order valence-electron chi connectivity index (χ4n) is 3.31. The fourth-order valence-corrected chi connectivity index (χ4v) is 3.66. The maximum Gasteiger partial charge on any atom is 0.325 e. The topological polar surface area (TPSA) is 68.3 Å². The Morgan fingerprint density at radius 2 is 1.77 bits per heavy atom. The number of ether oxygens (including phenoxy) is 3. The number of thiocarbonyl (C=S) groups is 1. The number of hydrogen-bond acceptors (Lipinski definition) is 6. The number of amides is 1. The van der Waals surface area contributed by atoms with E-state index < -0.39 is 5.97 Å². The molecule has 0 unspecified atom stereocenters. The summed E-state index contributed by atoms with van der Waals surface area (Å²) in [4.78, 5) is 28.3. The van der Waals surface area contributed by atoms with Crippen molar-refractivity contribution in [1.82, 2.24) is 4.90 Å². The van der Waals surface area contributed by atoms with Crippen molar-refractivity contribution in [1.29, 1.82) is 0 Å². The molecule has 162 valence electrons. The molecule has 2 aromatic carbocycles. The zero-order valence-corrected chi connectivity index (χ0v) is 18.7. The van der Waals surface area contributed by atoms with Crippen LogP contribution < -0.4 is 14.4 Å². The van der Waals surface area contributed by atoms with Crippen molar-refractivity contribution in [2.75, 3.05) is 32.8 Å². The molecule has 0 aromatic heterocycles. The fraction of sp³-hybridized carbons (Fsp3) is 0.261. The van der Waals surface area contributed by atoms with Crippen LogP contribution >= 0.6 is 12.2 Å². The molecule has 3 rings (SSSR count). The van der Waals surface area contributed by atoms with Crippen LogP contribution in [0.3, 0.4) is 0 Å². The first kappa shape index (κ1) is 22.3. The second-order valence-electron chi connectivity index (χ2n) is 6.72. The molecule has 0 bridgehead atoms. The number of rotatable bonds is 7. The molecule has 1 saturated heterocycles. The number of para-hydroxylation sites is 1. The lowest BCUT2D eigenvalue weighted by atomic mass is 10.1. The van der Waals surface area contributed by atoms with Crippen LogP contribution in [0, 0.1) is 0 Å². The van der Waals surface area contributed by atoms with Crippen molar-refractivity contribution in [2.24, 2.45) is 0 Å². The van der Waals surface area contributed by atoms with Gasteiger partial charge in [0.25, 0.3) is 5.91 Å². The van der Waals surface area contributed by atoms with Crippen molar-refractivity contribution < 1.29 is 23.8 Å². The molecule has 7 nitrogen and oxygen atoms in total. The summed E-state index contributed by atoms with van der Waals surface area (Å²) in [5, 5.41) is 0.202. The molecular weight excluding hydrogens is 416 g/mol. The van der Waals surface area contributed by atoms with Crippen LogP contribution in [0.2, 0.25) is 0 Å². The normalized spacial score (nSPS) is 14.9. The van der Waals surface area contributed by atoms with E-state index in [1.165, 1.54) is 31.1 Å². The number of hydrogen-bond donors (Lipinski definition) is 0. The molecule has 8 heteroatoms. The van der Waals surface area contributed by atoms with Gasteiger partial charge in [0.2, 0.25) is 0 Å². The summed E-state index contributed by atoms with van der Waals surface area (Å²) in [6.07, 6.45) is 2.52. The maximum atomic E-state index is 13.4. The van der Waals surface area contributed by atoms with Gasteiger partial charge in [-0.1, -0.05) is 31.2 Å². The highest BCUT2D eigenvalue weighted by molar-refractivity contribution is 7.80. The van der Waals surface area contributed by atoms with Crippen LogP contribution in [0.1, 0.15) is 18.1 Å². The Morgan fingerprint density at radius 1 is 1.06 bits per heavy atom. The van der Waals surface area contributed by atoms with Gasteiger partial charge in [0.1, 0.15) is 12.2 Å². The van der Waals surface area contributed by atoms with E-state index in [1.807, 2.05) is 24.3 Å². The summed E-state index contributed by atoms with van der Waals surface area (Å²) < 4.78 is 15.6. The summed E-state index contributed by atoms with van der Waals surface area (Å²) in [6.45, 7) is 1.86. The third kappa shape index (κ3) is 4.39. The Labute approximate surface area is 186 Å². The lowest BCUT2D eigenvalue weighted by Gasteiger charge is -2.19. The summed E-state index contributed by atoms with van der Waals surface area (Å²) in [5.74, 6) is 0.140. The number of aryl methyl sites for hydroxylation is 1. The minimum Gasteiger partial charge on any atom is -0.493 e. The Bertz CT molecular complexity index is 1030. The molecule has 31 heavy (non-hydrogen) atoms. The summed E-state index contributed by atoms with van der Waals surface area (Å²) in [6, 6.07) is 12.9. The van der Waals surface area contributed by atoms with Crippen LogP contribution in [0.4, 0.5) is 5.69 Å². The maximum absolute atomic E-state index is 13.4. The number of carbonyl (C=O) groups is 2. The zero-order valence-electron chi connectivity index (χ0n) is 17.9. The molecule has 0 radical (unpaired) electrons. The molecule has 0 atom stereocenters. The van der Waals surface area contributed by atoms with Gasteiger partial charge < -0.3 is 19.1 Å². The van der Waals surface area contributed by atoms with E-state index in [-0.39, 0.29) is 23.3 Å². The second-order valence-corrected chi connectivity index (χ2v) is 7.08. The number of anilines is 1. The van der Waals surface area contributed by atoms with Crippen molar-refractivity contribution in [3.63, 3.8) is 0 Å². The monoisotopic (exact) mass is 440 g/mol. The SMILES string of the molecule is CCc1ccc(N2C(=O)/C(=C/c3cccc(OC)c3OC)N(CC(=O)OC)C2=S)cc1. The highest BCUT2D eigenvalue weighted by Gasteiger charge is 2.40. The first-order valence-corrected chi connectivity index (χ1v) is 10.1. The van der Waals surface area contributed by atoms with Crippen molar-refractivity contribution in [3.05, 3.63) is 59.3 Å². The van der Waals surface area contributed by atoms with Gasteiger partial charge in [-0.3, -0.25) is 14.5 Å². The Hall–Kier alpha value is -3.39. The van der Waals surface area contributed by atoms with Crippen LogP contribution in [0.15, 0.2) is 48.2 Å². The molecule has 1 aliphatic heterocycles. The van der Waals surface area contributed by atoms with Gasteiger partial charge in [0, 0.05) is 5.56 Å². The molecule has 0 saturated carbocycles. The average Bonchev–Trinajstić information content (AvgIpc) is 3.02. The lowest BCUT2D eigenvalue weighted by Crippen LogP contribution is -2.35. The van der Waals surface area contributed by atoms with Gasteiger partial charge >= 0.3 is 5.97 Å². The van der Waals surface area contributed by atoms with Gasteiger partial charge in [-0.05, 0) is 48.5 Å². The van der Waals surface area contributed by atoms with Gasteiger partial charge in [0.05, 0.1) is 27.0 Å². The van der Waals surface area contributed by atoms with E-state index in [9.17, 15) is 9.59 Å². The van der Waals surface area contributed by atoms with E-state index in [2.05, 4.69) is 6.92 Å². The van der Waals surface area contributed by atoms with E-state index in [0.717, 1.165) is 12.0 Å². The predicted molar refractivity (Wildman–Crippen MR) is 122 cm³/mol. The van der Waals surface area contributed by atoms with Crippen LogP contribution in [0.5, 0.6) is 11.5 Å². The molecule has 1 heterocycles. The molecule has 1 aliphatic rings. The molecule has 0 spiro atoms. The second kappa shape index (κ2) is 9.61. The number of esters is 1. The quantitative estimate of drug-likeness (QED) is 0.371. The van der Waals surface area contributed by atoms with Crippen molar-refractivity contribution in [3.8, 4) is 11.5 Å². The Balaban J connectivity index is 2.09. The lowest BCUT2D eigenvalue weighted by molar-refractivity contribution is -0.140. The first-order valence-electron chi connectivity index (χ1n) is 9.69. The highest BCUT2D eigenvalue weighted by Crippen LogP contribution is 2.35. The van der Waals surface area contributed by atoms with Crippen LogP contribution in [-0.2, 0) is 20.7 Å². The van der Waals surface area contributed by atoms with Crippen LogP contribution in [0.25, 0.3) is 6.08 Å². The third-order valence-electron chi connectivity index (χ3n) is 4.98. The summed E-state index contributed by atoms with van der Waals surface area (Å²) in [7, 11) is 4.35. The number of benzene rings is 2. The molecular formula is C23H24N2O5S. The number of nitrogens with zero attached hydrogens (tertiary/aromatic N) is 2. The number of methoxy groups -OCH3 is 3. The summed E-state index contributed by atoms with van der Waals surface area (Å²) in [5.41, 5.74) is 2.63. The summed E-state index contributed by atoms with van der Waals surface area (Å²) >= 11 is 5.58. The largest absolute Gasteiger partial charge is 0.493 e. The Kier molecular flexibility index (Phi) is 6.91. The van der Waals surface area contributed by atoms with E-state index >= 15 is 0 Å². The van der Waals surface area contributed by atoms with Crippen molar-refractivity contribution >= 4 is 41.0 Å². The molecule has 0 N–H and O–H groups in total. The standard InChI is InChI=1S/C23H24N2O5S/c1-5-15-9-11-17(12-10-15)25-22(27)18(24(23(25)31)14-20(26)29-3)13-16-7-6-8-19(28-2)21(16)30-4/h6-13H,5,14H2,1-4H3/b18-13-. The first-order chi connectivity index (χ1) is 14.9.